The lowest BCUT2D eigenvalue weighted by Gasteiger charge is -2.03. The fourth-order valence-corrected chi connectivity index (χ4v) is 1.88. The Hall–Kier alpha value is -0.920. The van der Waals surface area contributed by atoms with Crippen molar-refractivity contribution < 1.29 is 0 Å². The molecule has 0 aliphatic heterocycles. The number of nitrogens with zero attached hydrogens (tertiary/aromatic N) is 2. The number of hydrogen-bond acceptors (Lipinski definition) is 2. The molecule has 0 atom stereocenters. The fraction of sp³-hybridized carbons (Fsp3) is 0.600. The molecule has 1 aliphatic rings. The molecular weight excluding hydrogens is 148 g/mol. The van der Waals surface area contributed by atoms with E-state index in [9.17, 15) is 0 Å². The van der Waals surface area contributed by atoms with Crippen molar-refractivity contribution in [2.24, 2.45) is 0 Å². The summed E-state index contributed by atoms with van der Waals surface area (Å²) in [4.78, 5) is 8.62. The highest BCUT2D eigenvalue weighted by atomic mass is 14.8. The summed E-state index contributed by atoms with van der Waals surface area (Å²) in [7, 11) is 0. The van der Waals surface area contributed by atoms with Crippen LogP contribution in [0.5, 0.6) is 0 Å². The van der Waals surface area contributed by atoms with Gasteiger partial charge in [0.2, 0.25) is 0 Å². The van der Waals surface area contributed by atoms with Gasteiger partial charge in [0.25, 0.3) is 0 Å². The molecule has 0 saturated heterocycles. The van der Waals surface area contributed by atoms with E-state index in [1.807, 2.05) is 0 Å². The van der Waals surface area contributed by atoms with E-state index in [0.717, 1.165) is 12.8 Å². The Balaban J connectivity index is 2.36. The molecule has 0 N–H and O–H groups in total. The molecule has 0 radical (unpaired) electrons. The summed E-state index contributed by atoms with van der Waals surface area (Å²) < 4.78 is 0. The molecule has 1 heterocycles. The van der Waals surface area contributed by atoms with Gasteiger partial charge in [0.05, 0.1) is 0 Å². The molecular formula is C10H14N2. The van der Waals surface area contributed by atoms with Gasteiger partial charge in [-0.25, -0.2) is 9.97 Å². The van der Waals surface area contributed by atoms with Crippen LogP contribution >= 0.6 is 0 Å². The van der Waals surface area contributed by atoms with Gasteiger partial charge in [-0.15, -0.1) is 0 Å². The minimum absolute atomic E-state index is 1.12. The zero-order chi connectivity index (χ0) is 8.39. The van der Waals surface area contributed by atoms with E-state index in [4.69, 9.17) is 0 Å². The van der Waals surface area contributed by atoms with Crippen LogP contribution in [-0.2, 0) is 19.3 Å². The zero-order valence-corrected chi connectivity index (χ0v) is 7.51. The van der Waals surface area contributed by atoms with Gasteiger partial charge in [-0.1, -0.05) is 13.3 Å². The Morgan fingerprint density at radius 2 is 2.25 bits per heavy atom. The van der Waals surface area contributed by atoms with Crippen LogP contribution < -0.4 is 0 Å². The first kappa shape index (κ1) is 7.71. The van der Waals surface area contributed by atoms with Crippen molar-refractivity contribution in [1.29, 1.82) is 0 Å². The molecule has 2 nitrogen and oxygen atoms in total. The van der Waals surface area contributed by atoms with Crippen molar-refractivity contribution in [3.8, 4) is 0 Å². The summed E-state index contributed by atoms with van der Waals surface area (Å²) in [5, 5.41) is 0. The average molecular weight is 162 g/mol. The Kier molecular flexibility index (Phi) is 2.07. The van der Waals surface area contributed by atoms with Gasteiger partial charge in [0, 0.05) is 11.4 Å². The summed E-state index contributed by atoms with van der Waals surface area (Å²) in [6, 6.07) is 0. The maximum atomic E-state index is 4.33. The highest BCUT2D eigenvalue weighted by molar-refractivity contribution is 5.28. The number of rotatable bonds is 2. The van der Waals surface area contributed by atoms with Gasteiger partial charge in [0.15, 0.2) is 0 Å². The van der Waals surface area contributed by atoms with Gasteiger partial charge in [0.1, 0.15) is 6.33 Å². The lowest BCUT2D eigenvalue weighted by atomic mass is 10.1. The highest BCUT2D eigenvalue weighted by Crippen LogP contribution is 2.22. The molecule has 0 bridgehead atoms. The Morgan fingerprint density at radius 1 is 1.33 bits per heavy atom. The molecule has 0 spiro atoms. The van der Waals surface area contributed by atoms with Crippen LogP contribution in [0.4, 0.5) is 0 Å². The zero-order valence-electron chi connectivity index (χ0n) is 7.51. The van der Waals surface area contributed by atoms with Crippen LogP contribution in [-0.4, -0.2) is 9.97 Å². The van der Waals surface area contributed by atoms with Gasteiger partial charge in [-0.05, 0) is 31.2 Å². The second-order valence-corrected chi connectivity index (χ2v) is 3.35. The van der Waals surface area contributed by atoms with E-state index in [0.29, 0.717) is 0 Å². The molecule has 2 rings (SSSR count). The number of fused-ring (bicyclic) bond motifs is 1. The molecule has 64 valence electrons. The van der Waals surface area contributed by atoms with E-state index in [1.165, 1.54) is 36.2 Å². The van der Waals surface area contributed by atoms with Crippen molar-refractivity contribution >= 4 is 0 Å². The number of hydrogen-bond donors (Lipinski definition) is 0. The summed E-state index contributed by atoms with van der Waals surface area (Å²) >= 11 is 0. The first-order chi connectivity index (χ1) is 5.92. The van der Waals surface area contributed by atoms with Crippen LogP contribution in [0, 0.1) is 0 Å². The fourth-order valence-electron chi connectivity index (χ4n) is 1.88. The third kappa shape index (κ3) is 1.22. The van der Waals surface area contributed by atoms with Gasteiger partial charge >= 0.3 is 0 Å². The summed E-state index contributed by atoms with van der Waals surface area (Å²) in [6.07, 6.45) is 7.65. The molecule has 0 aromatic carbocycles. The van der Waals surface area contributed by atoms with Gasteiger partial charge < -0.3 is 0 Å². The van der Waals surface area contributed by atoms with Crippen LogP contribution in [0.1, 0.15) is 36.7 Å². The van der Waals surface area contributed by atoms with Crippen molar-refractivity contribution in [3.05, 3.63) is 23.3 Å². The molecule has 1 aromatic rings. The smallest absolute Gasteiger partial charge is 0.115 e. The maximum absolute atomic E-state index is 4.33. The van der Waals surface area contributed by atoms with E-state index in [1.54, 1.807) is 6.33 Å². The molecule has 1 aromatic heterocycles. The van der Waals surface area contributed by atoms with Gasteiger partial charge in [-0.3, -0.25) is 0 Å². The summed E-state index contributed by atoms with van der Waals surface area (Å²) in [5.74, 6) is 0. The van der Waals surface area contributed by atoms with Crippen molar-refractivity contribution in [1.82, 2.24) is 9.97 Å². The molecule has 0 fully saturated rings. The summed E-state index contributed by atoms with van der Waals surface area (Å²) in [6.45, 7) is 2.20. The SMILES string of the molecule is CCCc1ncnc2c1CCC2. The quantitative estimate of drug-likeness (QED) is 0.664. The molecule has 2 heteroatoms. The minimum atomic E-state index is 1.12. The monoisotopic (exact) mass is 162 g/mol. The predicted octanol–water partition coefficient (Wildman–Crippen LogP) is 1.92. The second-order valence-electron chi connectivity index (χ2n) is 3.35. The van der Waals surface area contributed by atoms with Gasteiger partial charge in [-0.2, -0.15) is 0 Å². The third-order valence-electron chi connectivity index (χ3n) is 2.45. The normalized spacial score (nSPS) is 14.8. The van der Waals surface area contributed by atoms with E-state index in [-0.39, 0.29) is 0 Å². The Labute approximate surface area is 73.1 Å². The first-order valence-corrected chi connectivity index (χ1v) is 4.73. The predicted molar refractivity (Wildman–Crippen MR) is 48.1 cm³/mol. The number of aromatic nitrogens is 2. The van der Waals surface area contributed by atoms with Crippen LogP contribution in [0.15, 0.2) is 6.33 Å². The van der Waals surface area contributed by atoms with E-state index in [2.05, 4.69) is 16.9 Å². The molecule has 0 amide bonds. The summed E-state index contributed by atoms with van der Waals surface area (Å²) in [5.41, 5.74) is 4.04. The number of aryl methyl sites for hydroxylation is 2. The molecule has 0 saturated carbocycles. The maximum Gasteiger partial charge on any atom is 0.115 e. The standard InChI is InChI=1S/C10H14N2/c1-2-4-9-8-5-3-6-10(8)12-7-11-9/h7H,2-6H2,1H3. The molecule has 0 unspecified atom stereocenters. The Morgan fingerprint density at radius 3 is 3.08 bits per heavy atom. The second kappa shape index (κ2) is 3.21. The molecule has 12 heavy (non-hydrogen) atoms. The van der Waals surface area contributed by atoms with Crippen LogP contribution in [0.3, 0.4) is 0 Å². The van der Waals surface area contributed by atoms with Crippen molar-refractivity contribution in [2.75, 3.05) is 0 Å². The van der Waals surface area contributed by atoms with E-state index < -0.39 is 0 Å². The Bertz CT molecular complexity index is 281. The van der Waals surface area contributed by atoms with Crippen LogP contribution in [0.25, 0.3) is 0 Å². The lowest BCUT2D eigenvalue weighted by molar-refractivity contribution is 0.845. The largest absolute Gasteiger partial charge is 0.241 e. The lowest BCUT2D eigenvalue weighted by Crippen LogP contribution is -1.98. The van der Waals surface area contributed by atoms with Crippen molar-refractivity contribution in [2.45, 2.75) is 39.0 Å². The first-order valence-electron chi connectivity index (χ1n) is 4.73. The highest BCUT2D eigenvalue weighted by Gasteiger charge is 2.15. The molecule has 1 aliphatic carbocycles. The van der Waals surface area contributed by atoms with E-state index >= 15 is 0 Å². The average Bonchev–Trinajstić information content (AvgIpc) is 2.53. The third-order valence-corrected chi connectivity index (χ3v) is 2.45. The topological polar surface area (TPSA) is 25.8 Å². The van der Waals surface area contributed by atoms with Crippen LogP contribution in [0.2, 0.25) is 0 Å². The minimum Gasteiger partial charge on any atom is -0.241 e. The van der Waals surface area contributed by atoms with Crippen molar-refractivity contribution in [3.63, 3.8) is 0 Å².